The number of ether oxygens (including phenoxy) is 1. The number of carbonyl (C=O) groups is 3. The third-order valence-electron chi connectivity index (χ3n) is 5.75. The van der Waals surface area contributed by atoms with Crippen molar-refractivity contribution in [1.82, 2.24) is 10.2 Å². The van der Waals surface area contributed by atoms with Gasteiger partial charge in [-0.15, -0.1) is 11.8 Å². The minimum absolute atomic E-state index is 0.0193. The molecule has 4 rings (SSSR count). The van der Waals surface area contributed by atoms with Gasteiger partial charge in [0.15, 0.2) is 0 Å². The molecule has 7 nitrogen and oxygen atoms in total. The first-order valence-corrected chi connectivity index (χ1v) is 11.2. The molecule has 2 aromatic carbocycles. The summed E-state index contributed by atoms with van der Waals surface area (Å²) in [5.74, 6) is -1.02. The Balaban J connectivity index is 1.51. The fraction of sp³-hybridized carbons (Fsp3) is 0.292. The lowest BCUT2D eigenvalue weighted by Gasteiger charge is -2.51. The number of β-lactam (4-membered cyclic amide) rings is 1. The van der Waals surface area contributed by atoms with Crippen molar-refractivity contribution in [3.05, 3.63) is 77.0 Å². The van der Waals surface area contributed by atoms with Crippen molar-refractivity contribution < 1.29 is 24.2 Å². The number of thioether (sulfide) groups is 1. The zero-order chi connectivity index (χ0) is 22.8. The topological polar surface area (TPSA) is 95.9 Å². The van der Waals surface area contributed by atoms with Crippen LogP contribution in [0.1, 0.15) is 18.1 Å². The summed E-state index contributed by atoms with van der Waals surface area (Å²) in [6, 6.07) is 16.2. The van der Waals surface area contributed by atoms with Gasteiger partial charge in [0.2, 0.25) is 5.91 Å². The molecule has 0 radical (unpaired) electrons. The van der Waals surface area contributed by atoms with Crippen LogP contribution in [0.15, 0.2) is 65.9 Å². The number of nitrogens with zero attached hydrogens (tertiary/aromatic N) is 1. The van der Waals surface area contributed by atoms with E-state index in [2.05, 4.69) is 5.32 Å². The largest absolute Gasteiger partial charge is 0.497 e. The van der Waals surface area contributed by atoms with Crippen LogP contribution in [0.5, 0.6) is 5.75 Å². The molecule has 2 heterocycles. The molecular weight excluding hydrogens is 428 g/mol. The average molecular weight is 453 g/mol. The average Bonchev–Trinajstić information content (AvgIpc) is 2.79. The van der Waals surface area contributed by atoms with Crippen LogP contribution in [0.4, 0.5) is 0 Å². The SMILES string of the molecule is COc1ccc(CC2S[C@@H]3[C@H](NC(=O)Cc4ccccc4)C(=O)N3C(C(=O)O)=C2C)cc1. The molecule has 0 bridgehead atoms. The van der Waals surface area contributed by atoms with Gasteiger partial charge in [0.1, 0.15) is 22.9 Å². The van der Waals surface area contributed by atoms with Crippen molar-refractivity contribution >= 4 is 29.5 Å². The molecule has 3 atom stereocenters. The molecule has 0 aliphatic carbocycles. The zero-order valence-corrected chi connectivity index (χ0v) is 18.6. The third kappa shape index (κ3) is 4.23. The Labute approximate surface area is 190 Å². The first-order valence-electron chi connectivity index (χ1n) is 10.3. The second kappa shape index (κ2) is 9.08. The Bertz CT molecular complexity index is 1070. The summed E-state index contributed by atoms with van der Waals surface area (Å²) in [6.45, 7) is 1.76. The maximum absolute atomic E-state index is 12.8. The molecule has 1 saturated heterocycles. The van der Waals surface area contributed by atoms with Crippen LogP contribution in [0.25, 0.3) is 0 Å². The number of fused-ring (bicyclic) bond motifs is 1. The van der Waals surface area contributed by atoms with Crippen LogP contribution in [0.2, 0.25) is 0 Å². The van der Waals surface area contributed by atoms with Crippen LogP contribution in [0.3, 0.4) is 0 Å². The molecule has 2 aliphatic rings. The van der Waals surface area contributed by atoms with Gasteiger partial charge in [-0.25, -0.2) is 4.79 Å². The van der Waals surface area contributed by atoms with Crippen molar-refractivity contribution in [2.45, 2.75) is 36.4 Å². The molecule has 8 heteroatoms. The van der Waals surface area contributed by atoms with Crippen LogP contribution >= 0.6 is 11.8 Å². The van der Waals surface area contributed by atoms with Crippen LogP contribution in [0, 0.1) is 0 Å². The highest BCUT2D eigenvalue weighted by Gasteiger charge is 2.55. The predicted octanol–water partition coefficient (Wildman–Crippen LogP) is 2.61. The number of amides is 2. The number of benzene rings is 2. The van der Waals surface area contributed by atoms with E-state index in [-0.39, 0.29) is 29.2 Å². The molecule has 2 N–H and O–H groups in total. The molecule has 2 amide bonds. The molecule has 1 fully saturated rings. The van der Waals surface area contributed by atoms with E-state index in [9.17, 15) is 19.5 Å². The summed E-state index contributed by atoms with van der Waals surface area (Å²) in [4.78, 5) is 38.6. The number of rotatable bonds is 7. The number of carbonyl (C=O) groups excluding carboxylic acids is 2. The van der Waals surface area contributed by atoms with Gasteiger partial charge in [0.05, 0.1) is 13.5 Å². The lowest BCUT2D eigenvalue weighted by molar-refractivity contribution is -0.150. The summed E-state index contributed by atoms with van der Waals surface area (Å²) in [6.07, 6.45) is 0.776. The van der Waals surface area contributed by atoms with Crippen molar-refractivity contribution in [2.24, 2.45) is 0 Å². The molecule has 2 aromatic rings. The standard InChI is InChI=1S/C24H24N2O5S/c1-14-18(12-16-8-10-17(31-2)11-9-16)32-23-20(22(28)26(23)21(14)24(29)30)25-19(27)13-15-6-4-3-5-7-15/h3-11,18,20,23H,12-13H2,1-2H3,(H,25,27)(H,29,30)/t18?,20-,23-/m1/s1. The molecule has 0 aromatic heterocycles. The van der Waals surface area contributed by atoms with Gasteiger partial charge in [-0.05, 0) is 42.2 Å². The van der Waals surface area contributed by atoms with Gasteiger partial charge >= 0.3 is 5.97 Å². The van der Waals surface area contributed by atoms with Crippen LogP contribution < -0.4 is 10.1 Å². The molecule has 2 aliphatic heterocycles. The minimum Gasteiger partial charge on any atom is -0.497 e. The van der Waals surface area contributed by atoms with Gasteiger partial charge in [-0.3, -0.25) is 14.5 Å². The van der Waals surface area contributed by atoms with E-state index < -0.39 is 17.4 Å². The van der Waals surface area contributed by atoms with E-state index in [0.29, 0.717) is 12.0 Å². The quantitative estimate of drug-likeness (QED) is 0.627. The Morgan fingerprint density at radius 1 is 1.09 bits per heavy atom. The normalized spacial score (nSPS) is 22.1. The van der Waals surface area contributed by atoms with E-state index in [1.54, 1.807) is 14.0 Å². The van der Waals surface area contributed by atoms with E-state index in [4.69, 9.17) is 4.74 Å². The first-order chi connectivity index (χ1) is 15.4. The monoisotopic (exact) mass is 452 g/mol. The maximum Gasteiger partial charge on any atom is 0.352 e. The Kier molecular flexibility index (Phi) is 6.23. The number of hydrogen-bond donors (Lipinski definition) is 2. The molecule has 32 heavy (non-hydrogen) atoms. The van der Waals surface area contributed by atoms with Gasteiger partial charge in [0, 0.05) is 5.25 Å². The van der Waals surface area contributed by atoms with Crippen LogP contribution in [-0.2, 0) is 27.2 Å². The number of carboxylic acids is 1. The van der Waals surface area contributed by atoms with Gasteiger partial charge in [0.25, 0.3) is 5.91 Å². The summed E-state index contributed by atoms with van der Waals surface area (Å²) < 4.78 is 5.20. The smallest absolute Gasteiger partial charge is 0.352 e. The lowest BCUT2D eigenvalue weighted by atomic mass is 9.98. The van der Waals surface area contributed by atoms with Crippen molar-refractivity contribution in [3.63, 3.8) is 0 Å². The third-order valence-corrected chi connectivity index (χ3v) is 7.36. The van der Waals surface area contributed by atoms with Gasteiger partial charge < -0.3 is 15.2 Å². The number of methoxy groups -OCH3 is 1. The molecule has 0 spiro atoms. The second-order valence-electron chi connectivity index (χ2n) is 7.82. The van der Waals surface area contributed by atoms with Crippen molar-refractivity contribution in [2.75, 3.05) is 7.11 Å². The number of aliphatic carboxylic acids is 1. The highest BCUT2D eigenvalue weighted by molar-refractivity contribution is 8.00. The van der Waals surface area contributed by atoms with E-state index >= 15 is 0 Å². The number of nitrogens with one attached hydrogen (secondary N) is 1. The summed E-state index contributed by atoms with van der Waals surface area (Å²) in [5.41, 5.74) is 2.56. The van der Waals surface area contributed by atoms with E-state index in [1.165, 1.54) is 16.7 Å². The van der Waals surface area contributed by atoms with E-state index in [0.717, 1.165) is 16.9 Å². The van der Waals surface area contributed by atoms with Gasteiger partial charge in [-0.1, -0.05) is 42.5 Å². The van der Waals surface area contributed by atoms with Crippen molar-refractivity contribution in [3.8, 4) is 5.75 Å². The summed E-state index contributed by atoms with van der Waals surface area (Å²) in [5, 5.41) is 12.0. The molecule has 0 saturated carbocycles. The summed E-state index contributed by atoms with van der Waals surface area (Å²) >= 11 is 1.51. The molecule has 1 unspecified atom stereocenters. The van der Waals surface area contributed by atoms with Gasteiger partial charge in [-0.2, -0.15) is 0 Å². The zero-order valence-electron chi connectivity index (χ0n) is 17.8. The Morgan fingerprint density at radius 3 is 2.41 bits per heavy atom. The number of hydrogen-bond acceptors (Lipinski definition) is 5. The first kappa shape index (κ1) is 22.0. The maximum atomic E-state index is 12.8. The van der Waals surface area contributed by atoms with Crippen molar-refractivity contribution in [1.29, 1.82) is 0 Å². The minimum atomic E-state index is -1.13. The summed E-state index contributed by atoms with van der Waals surface area (Å²) in [7, 11) is 1.60. The lowest BCUT2D eigenvalue weighted by Crippen LogP contribution is -2.71. The second-order valence-corrected chi connectivity index (χ2v) is 9.14. The highest BCUT2D eigenvalue weighted by Crippen LogP contribution is 2.45. The predicted molar refractivity (Wildman–Crippen MR) is 121 cm³/mol. The fourth-order valence-electron chi connectivity index (χ4n) is 4.04. The fourth-order valence-corrected chi connectivity index (χ4v) is 5.65. The highest BCUT2D eigenvalue weighted by atomic mass is 32.2. The Morgan fingerprint density at radius 2 is 1.78 bits per heavy atom. The van der Waals surface area contributed by atoms with Crippen LogP contribution in [-0.4, -0.2) is 51.6 Å². The van der Waals surface area contributed by atoms with E-state index in [1.807, 2.05) is 54.6 Å². The number of carboxylic acid groups (broad SMARTS) is 1. The Hall–Kier alpha value is -3.26. The molecular formula is C24H24N2O5S. The molecule has 166 valence electrons.